The van der Waals surface area contributed by atoms with Crippen LogP contribution in [-0.2, 0) is 9.53 Å². The fourth-order valence-electron chi connectivity index (χ4n) is 2.11. The van der Waals surface area contributed by atoms with Gasteiger partial charge in [-0.15, -0.1) is 0 Å². The van der Waals surface area contributed by atoms with E-state index in [1.165, 1.54) is 0 Å². The first kappa shape index (κ1) is 14.7. The van der Waals surface area contributed by atoms with E-state index in [0.29, 0.717) is 38.5 Å². The Morgan fingerprint density at radius 3 is 2.40 bits per heavy atom. The Bertz CT molecular complexity index is 426. The minimum Gasteiger partial charge on any atom is -0.497 e. The summed E-state index contributed by atoms with van der Waals surface area (Å²) in [7, 11) is 1.62. The van der Waals surface area contributed by atoms with Crippen LogP contribution in [0.1, 0.15) is 13.3 Å². The van der Waals surface area contributed by atoms with Crippen molar-refractivity contribution < 1.29 is 19.0 Å². The normalized spacial score (nSPS) is 16.6. The number of hydrogen-bond donors (Lipinski definition) is 0. The number of carbonyl (C=O) groups excluding carboxylic acids is 1. The second kappa shape index (κ2) is 7.14. The largest absolute Gasteiger partial charge is 0.497 e. The van der Waals surface area contributed by atoms with Gasteiger partial charge in [-0.3, -0.25) is 4.79 Å². The minimum atomic E-state index is -0.443. The van der Waals surface area contributed by atoms with Crippen molar-refractivity contribution in [1.29, 1.82) is 0 Å². The van der Waals surface area contributed by atoms with Crippen molar-refractivity contribution in [3.63, 3.8) is 0 Å². The standard InChI is InChI=1S/C15H21NO4/c1-3-14(15(17)16-8-10-19-11-9-16)20-13-6-4-12(18-2)5-7-13/h4-7,14H,3,8-11H2,1-2H3. The molecule has 0 N–H and O–H groups in total. The van der Waals surface area contributed by atoms with Gasteiger partial charge in [-0.2, -0.15) is 0 Å². The summed E-state index contributed by atoms with van der Waals surface area (Å²) in [5.74, 6) is 1.48. The quantitative estimate of drug-likeness (QED) is 0.823. The number of ether oxygens (including phenoxy) is 3. The zero-order valence-electron chi connectivity index (χ0n) is 12.0. The fraction of sp³-hybridized carbons (Fsp3) is 0.533. The highest BCUT2D eigenvalue weighted by Gasteiger charge is 2.25. The number of amides is 1. The molecule has 1 fully saturated rings. The van der Waals surface area contributed by atoms with E-state index in [1.807, 2.05) is 31.2 Å². The zero-order valence-corrected chi connectivity index (χ0v) is 12.0. The van der Waals surface area contributed by atoms with Gasteiger partial charge in [-0.1, -0.05) is 6.92 Å². The van der Waals surface area contributed by atoms with Crippen LogP contribution in [0.4, 0.5) is 0 Å². The molecule has 2 rings (SSSR count). The van der Waals surface area contributed by atoms with Crippen molar-refractivity contribution >= 4 is 5.91 Å². The molecule has 1 saturated heterocycles. The lowest BCUT2D eigenvalue weighted by Gasteiger charge is -2.30. The lowest BCUT2D eigenvalue weighted by atomic mass is 10.2. The topological polar surface area (TPSA) is 48.0 Å². The SMILES string of the molecule is CCC(Oc1ccc(OC)cc1)C(=O)N1CCOCC1. The van der Waals surface area contributed by atoms with Gasteiger partial charge in [0.05, 0.1) is 20.3 Å². The van der Waals surface area contributed by atoms with Gasteiger partial charge in [0.15, 0.2) is 6.10 Å². The van der Waals surface area contributed by atoms with Gasteiger partial charge in [0.1, 0.15) is 11.5 Å². The van der Waals surface area contributed by atoms with E-state index in [-0.39, 0.29) is 5.91 Å². The van der Waals surface area contributed by atoms with E-state index < -0.39 is 6.10 Å². The Morgan fingerprint density at radius 2 is 1.85 bits per heavy atom. The Balaban J connectivity index is 1.97. The molecule has 0 radical (unpaired) electrons. The molecule has 1 aliphatic rings. The van der Waals surface area contributed by atoms with Crippen LogP contribution in [0.25, 0.3) is 0 Å². The van der Waals surface area contributed by atoms with Gasteiger partial charge in [0, 0.05) is 13.1 Å². The van der Waals surface area contributed by atoms with Crippen LogP contribution in [0, 0.1) is 0 Å². The Labute approximate surface area is 119 Å². The maximum atomic E-state index is 12.4. The summed E-state index contributed by atoms with van der Waals surface area (Å²) in [4.78, 5) is 14.2. The third-order valence-corrected chi connectivity index (χ3v) is 3.31. The third kappa shape index (κ3) is 3.63. The van der Waals surface area contributed by atoms with Crippen LogP contribution in [0.15, 0.2) is 24.3 Å². The van der Waals surface area contributed by atoms with Gasteiger partial charge >= 0.3 is 0 Å². The van der Waals surface area contributed by atoms with Crippen LogP contribution < -0.4 is 9.47 Å². The van der Waals surface area contributed by atoms with Gasteiger partial charge in [-0.25, -0.2) is 0 Å². The Hall–Kier alpha value is -1.75. The summed E-state index contributed by atoms with van der Waals surface area (Å²) in [6, 6.07) is 7.27. The first-order chi connectivity index (χ1) is 9.74. The van der Waals surface area contributed by atoms with Crippen LogP contribution in [0.3, 0.4) is 0 Å². The molecule has 1 atom stereocenters. The second-order valence-corrected chi connectivity index (χ2v) is 4.63. The number of benzene rings is 1. The van der Waals surface area contributed by atoms with Gasteiger partial charge in [0.25, 0.3) is 5.91 Å². The summed E-state index contributed by atoms with van der Waals surface area (Å²) >= 11 is 0. The van der Waals surface area contributed by atoms with E-state index in [1.54, 1.807) is 12.0 Å². The number of hydrogen-bond acceptors (Lipinski definition) is 4. The molecule has 1 aromatic carbocycles. The summed E-state index contributed by atoms with van der Waals surface area (Å²) < 4.78 is 16.1. The van der Waals surface area contributed by atoms with Gasteiger partial charge in [0.2, 0.25) is 0 Å². The van der Waals surface area contributed by atoms with Crippen molar-refractivity contribution in [1.82, 2.24) is 4.90 Å². The minimum absolute atomic E-state index is 0.0339. The molecule has 0 saturated carbocycles. The predicted molar refractivity (Wildman–Crippen MR) is 75.1 cm³/mol. The molecule has 1 amide bonds. The van der Waals surface area contributed by atoms with E-state index >= 15 is 0 Å². The maximum absolute atomic E-state index is 12.4. The molecule has 5 nitrogen and oxygen atoms in total. The summed E-state index contributed by atoms with van der Waals surface area (Å²) in [6.07, 6.45) is 0.198. The molecule has 0 aliphatic carbocycles. The molecule has 0 spiro atoms. The molecule has 1 aromatic rings. The molecule has 1 aliphatic heterocycles. The highest BCUT2D eigenvalue weighted by molar-refractivity contribution is 5.81. The van der Waals surface area contributed by atoms with Crippen molar-refractivity contribution in [3.8, 4) is 11.5 Å². The van der Waals surface area contributed by atoms with E-state index in [9.17, 15) is 4.79 Å². The molecule has 0 aromatic heterocycles. The Morgan fingerprint density at radius 1 is 1.25 bits per heavy atom. The molecule has 110 valence electrons. The van der Waals surface area contributed by atoms with Crippen LogP contribution in [0.2, 0.25) is 0 Å². The third-order valence-electron chi connectivity index (χ3n) is 3.31. The molecule has 1 heterocycles. The van der Waals surface area contributed by atoms with Crippen LogP contribution in [0.5, 0.6) is 11.5 Å². The first-order valence-electron chi connectivity index (χ1n) is 6.92. The van der Waals surface area contributed by atoms with E-state index in [0.717, 1.165) is 5.75 Å². The van der Waals surface area contributed by atoms with E-state index in [2.05, 4.69) is 0 Å². The molecule has 20 heavy (non-hydrogen) atoms. The van der Waals surface area contributed by atoms with Crippen molar-refractivity contribution in [3.05, 3.63) is 24.3 Å². The predicted octanol–water partition coefficient (Wildman–Crippen LogP) is 1.71. The number of methoxy groups -OCH3 is 1. The van der Waals surface area contributed by atoms with Crippen molar-refractivity contribution in [2.75, 3.05) is 33.4 Å². The van der Waals surface area contributed by atoms with Crippen LogP contribution in [-0.4, -0.2) is 50.3 Å². The maximum Gasteiger partial charge on any atom is 0.263 e. The summed E-state index contributed by atoms with van der Waals surface area (Å²) in [5, 5.41) is 0. The highest BCUT2D eigenvalue weighted by Crippen LogP contribution is 2.19. The average Bonchev–Trinajstić information content (AvgIpc) is 2.53. The molecular formula is C15H21NO4. The molecule has 5 heteroatoms. The summed E-state index contributed by atoms with van der Waals surface area (Å²) in [6.45, 7) is 4.44. The zero-order chi connectivity index (χ0) is 14.4. The van der Waals surface area contributed by atoms with Gasteiger partial charge in [-0.05, 0) is 30.7 Å². The average molecular weight is 279 g/mol. The lowest BCUT2D eigenvalue weighted by molar-refractivity contribution is -0.142. The van der Waals surface area contributed by atoms with Crippen molar-refractivity contribution in [2.45, 2.75) is 19.4 Å². The van der Waals surface area contributed by atoms with Crippen molar-refractivity contribution in [2.24, 2.45) is 0 Å². The first-order valence-corrected chi connectivity index (χ1v) is 6.92. The van der Waals surface area contributed by atoms with Crippen LogP contribution >= 0.6 is 0 Å². The van der Waals surface area contributed by atoms with E-state index in [4.69, 9.17) is 14.2 Å². The second-order valence-electron chi connectivity index (χ2n) is 4.63. The fourth-order valence-corrected chi connectivity index (χ4v) is 2.11. The molecule has 1 unspecified atom stereocenters. The number of rotatable bonds is 5. The highest BCUT2D eigenvalue weighted by atomic mass is 16.5. The molecular weight excluding hydrogens is 258 g/mol. The summed E-state index contributed by atoms with van der Waals surface area (Å²) in [5.41, 5.74) is 0. The number of nitrogens with zero attached hydrogens (tertiary/aromatic N) is 1. The Kier molecular flexibility index (Phi) is 5.24. The number of carbonyl (C=O) groups is 1. The smallest absolute Gasteiger partial charge is 0.263 e. The van der Waals surface area contributed by atoms with Gasteiger partial charge < -0.3 is 19.1 Å². The monoisotopic (exact) mass is 279 g/mol. The molecule has 0 bridgehead atoms. The lowest BCUT2D eigenvalue weighted by Crippen LogP contribution is -2.47. The number of morpholine rings is 1.